The topological polar surface area (TPSA) is 84.1 Å². The van der Waals surface area contributed by atoms with Crippen molar-refractivity contribution in [2.24, 2.45) is 5.92 Å². The smallest absolute Gasteiger partial charge is 0.335 e. The predicted octanol–water partition coefficient (Wildman–Crippen LogP) is 2.50. The SMILES string of the molecule is O=C(O)c1ccc2nc(N3CCC(Cn4cnnc4)CC3)sc2c1. The van der Waals surface area contributed by atoms with Crippen LogP contribution in [0.15, 0.2) is 30.9 Å². The number of carboxylic acid groups (broad SMARTS) is 1. The zero-order valence-electron chi connectivity index (χ0n) is 13.0. The van der Waals surface area contributed by atoms with Crippen molar-refractivity contribution in [3.8, 4) is 0 Å². The first-order chi connectivity index (χ1) is 11.7. The van der Waals surface area contributed by atoms with Crippen LogP contribution in [-0.4, -0.2) is 43.9 Å². The zero-order chi connectivity index (χ0) is 16.5. The van der Waals surface area contributed by atoms with E-state index in [4.69, 9.17) is 5.11 Å². The molecule has 1 saturated heterocycles. The molecule has 4 rings (SSSR count). The molecule has 3 heterocycles. The molecule has 7 nitrogen and oxygen atoms in total. The Labute approximate surface area is 142 Å². The molecule has 0 aliphatic carbocycles. The van der Waals surface area contributed by atoms with Crippen molar-refractivity contribution in [1.82, 2.24) is 19.7 Å². The Morgan fingerprint density at radius 3 is 2.71 bits per heavy atom. The lowest BCUT2D eigenvalue weighted by molar-refractivity contribution is 0.0697. The fourth-order valence-electron chi connectivity index (χ4n) is 3.10. The van der Waals surface area contributed by atoms with Crippen LogP contribution in [0.4, 0.5) is 5.13 Å². The van der Waals surface area contributed by atoms with Crippen LogP contribution in [0.3, 0.4) is 0 Å². The summed E-state index contributed by atoms with van der Waals surface area (Å²) >= 11 is 1.57. The quantitative estimate of drug-likeness (QED) is 0.783. The molecule has 1 aliphatic rings. The number of thiazole rings is 1. The number of fused-ring (bicyclic) bond motifs is 1. The molecular weight excluding hydrogens is 326 g/mol. The fraction of sp³-hybridized carbons (Fsp3) is 0.375. The van der Waals surface area contributed by atoms with Gasteiger partial charge in [-0.2, -0.15) is 0 Å². The zero-order valence-corrected chi connectivity index (χ0v) is 13.8. The number of rotatable bonds is 4. The van der Waals surface area contributed by atoms with Crippen molar-refractivity contribution in [2.45, 2.75) is 19.4 Å². The van der Waals surface area contributed by atoms with Gasteiger partial charge in [0.1, 0.15) is 12.7 Å². The summed E-state index contributed by atoms with van der Waals surface area (Å²) in [5.41, 5.74) is 1.18. The van der Waals surface area contributed by atoms with E-state index in [2.05, 4.69) is 20.1 Å². The van der Waals surface area contributed by atoms with E-state index in [-0.39, 0.29) is 0 Å². The van der Waals surface area contributed by atoms with E-state index in [0.29, 0.717) is 11.5 Å². The van der Waals surface area contributed by atoms with E-state index < -0.39 is 5.97 Å². The van der Waals surface area contributed by atoms with Crippen LogP contribution >= 0.6 is 11.3 Å². The molecule has 1 N–H and O–H groups in total. The van der Waals surface area contributed by atoms with Gasteiger partial charge in [0.05, 0.1) is 15.8 Å². The third kappa shape index (κ3) is 2.96. The third-order valence-corrected chi connectivity index (χ3v) is 5.52. The van der Waals surface area contributed by atoms with Gasteiger partial charge in [-0.05, 0) is 37.0 Å². The highest BCUT2D eigenvalue weighted by atomic mass is 32.1. The number of piperidine rings is 1. The third-order valence-electron chi connectivity index (χ3n) is 4.44. The minimum absolute atomic E-state index is 0.311. The largest absolute Gasteiger partial charge is 0.478 e. The Balaban J connectivity index is 1.45. The average molecular weight is 343 g/mol. The summed E-state index contributed by atoms with van der Waals surface area (Å²) in [5.74, 6) is -0.271. The van der Waals surface area contributed by atoms with Crippen molar-refractivity contribution >= 4 is 32.7 Å². The minimum atomic E-state index is -0.901. The molecule has 2 aromatic heterocycles. The maximum atomic E-state index is 11.1. The Hall–Kier alpha value is -2.48. The van der Waals surface area contributed by atoms with Gasteiger partial charge >= 0.3 is 5.97 Å². The number of aromatic carboxylic acids is 1. The molecule has 1 aliphatic heterocycles. The number of nitrogens with zero attached hydrogens (tertiary/aromatic N) is 5. The van der Waals surface area contributed by atoms with Crippen LogP contribution in [0.5, 0.6) is 0 Å². The average Bonchev–Trinajstić information content (AvgIpc) is 3.23. The van der Waals surface area contributed by atoms with Gasteiger partial charge in [0.15, 0.2) is 5.13 Å². The summed E-state index contributed by atoms with van der Waals surface area (Å²) in [5, 5.41) is 17.8. The van der Waals surface area contributed by atoms with Gasteiger partial charge in [0.2, 0.25) is 0 Å². The lowest BCUT2D eigenvalue weighted by Gasteiger charge is -2.31. The Morgan fingerprint density at radius 2 is 2.00 bits per heavy atom. The molecule has 3 aromatic rings. The summed E-state index contributed by atoms with van der Waals surface area (Å²) in [4.78, 5) is 18.0. The van der Waals surface area contributed by atoms with Crippen molar-refractivity contribution < 1.29 is 9.90 Å². The number of anilines is 1. The van der Waals surface area contributed by atoms with Gasteiger partial charge in [-0.1, -0.05) is 11.3 Å². The standard InChI is InChI=1S/C16H17N5O2S/c22-15(23)12-1-2-13-14(7-12)24-16(19-13)21-5-3-11(4-6-21)8-20-9-17-18-10-20/h1-2,7,9-11H,3-6,8H2,(H,22,23). The summed E-state index contributed by atoms with van der Waals surface area (Å²) in [6.45, 7) is 2.90. The number of benzene rings is 1. The number of hydrogen-bond donors (Lipinski definition) is 1. The molecular formula is C16H17N5O2S. The van der Waals surface area contributed by atoms with E-state index in [9.17, 15) is 4.79 Å². The van der Waals surface area contributed by atoms with Crippen LogP contribution in [0.2, 0.25) is 0 Å². The second-order valence-electron chi connectivity index (χ2n) is 6.07. The first-order valence-electron chi connectivity index (χ1n) is 7.90. The fourth-order valence-corrected chi connectivity index (χ4v) is 4.16. The van der Waals surface area contributed by atoms with Crippen LogP contribution in [-0.2, 0) is 6.54 Å². The molecule has 0 radical (unpaired) electrons. The molecule has 1 fully saturated rings. The van der Waals surface area contributed by atoms with Crippen LogP contribution in [0.1, 0.15) is 23.2 Å². The minimum Gasteiger partial charge on any atom is -0.478 e. The number of carbonyl (C=O) groups is 1. The van der Waals surface area contributed by atoms with E-state index in [1.54, 1.807) is 42.2 Å². The first kappa shape index (κ1) is 15.1. The van der Waals surface area contributed by atoms with Gasteiger partial charge in [-0.15, -0.1) is 10.2 Å². The van der Waals surface area contributed by atoms with E-state index in [1.165, 1.54) is 0 Å². The van der Waals surface area contributed by atoms with Crippen molar-refractivity contribution in [3.63, 3.8) is 0 Å². The van der Waals surface area contributed by atoms with Crippen molar-refractivity contribution in [1.29, 1.82) is 0 Å². The lowest BCUT2D eigenvalue weighted by atomic mass is 9.97. The molecule has 0 saturated carbocycles. The van der Waals surface area contributed by atoms with E-state index in [1.807, 2.05) is 4.57 Å². The van der Waals surface area contributed by atoms with E-state index in [0.717, 1.165) is 47.8 Å². The van der Waals surface area contributed by atoms with Gasteiger partial charge in [-0.25, -0.2) is 9.78 Å². The Morgan fingerprint density at radius 1 is 1.25 bits per heavy atom. The maximum absolute atomic E-state index is 11.1. The molecule has 24 heavy (non-hydrogen) atoms. The Kier molecular flexibility index (Phi) is 3.89. The molecule has 124 valence electrons. The lowest BCUT2D eigenvalue weighted by Crippen LogP contribution is -2.34. The summed E-state index contributed by atoms with van der Waals surface area (Å²) < 4.78 is 2.96. The van der Waals surface area contributed by atoms with Crippen LogP contribution < -0.4 is 4.90 Å². The van der Waals surface area contributed by atoms with E-state index >= 15 is 0 Å². The maximum Gasteiger partial charge on any atom is 0.335 e. The molecule has 0 atom stereocenters. The normalized spacial score (nSPS) is 15.9. The summed E-state index contributed by atoms with van der Waals surface area (Å²) in [6.07, 6.45) is 5.74. The van der Waals surface area contributed by atoms with Gasteiger partial charge in [0.25, 0.3) is 0 Å². The molecule has 8 heteroatoms. The molecule has 0 spiro atoms. The molecule has 0 bridgehead atoms. The summed E-state index contributed by atoms with van der Waals surface area (Å²) in [7, 11) is 0. The molecule has 0 unspecified atom stereocenters. The molecule has 0 amide bonds. The van der Waals surface area contributed by atoms with Gasteiger partial charge in [0, 0.05) is 19.6 Å². The monoisotopic (exact) mass is 343 g/mol. The van der Waals surface area contributed by atoms with Crippen LogP contribution in [0.25, 0.3) is 10.2 Å². The Bertz CT molecular complexity index is 853. The number of carboxylic acids is 1. The summed E-state index contributed by atoms with van der Waals surface area (Å²) in [6, 6.07) is 5.11. The predicted molar refractivity (Wildman–Crippen MR) is 91.5 cm³/mol. The first-order valence-corrected chi connectivity index (χ1v) is 8.72. The van der Waals surface area contributed by atoms with Crippen molar-refractivity contribution in [2.75, 3.05) is 18.0 Å². The second kappa shape index (κ2) is 6.20. The van der Waals surface area contributed by atoms with Crippen molar-refractivity contribution in [3.05, 3.63) is 36.4 Å². The second-order valence-corrected chi connectivity index (χ2v) is 7.08. The van der Waals surface area contributed by atoms with Gasteiger partial charge in [-0.3, -0.25) is 0 Å². The van der Waals surface area contributed by atoms with Gasteiger partial charge < -0.3 is 14.6 Å². The highest BCUT2D eigenvalue weighted by molar-refractivity contribution is 7.22. The van der Waals surface area contributed by atoms with Crippen LogP contribution in [0, 0.1) is 5.92 Å². The molecule has 1 aromatic carbocycles. The number of hydrogen-bond acceptors (Lipinski definition) is 6. The highest BCUT2D eigenvalue weighted by Crippen LogP contribution is 2.32. The highest BCUT2D eigenvalue weighted by Gasteiger charge is 2.22. The number of aromatic nitrogens is 4.